The molecule has 3 rings (SSSR count). The first kappa shape index (κ1) is 17.2. The minimum atomic E-state index is -0.326. The van der Waals surface area contributed by atoms with Crippen molar-refractivity contribution in [2.24, 2.45) is 5.92 Å². The Bertz CT molecular complexity index is 691. The van der Waals surface area contributed by atoms with Crippen LogP contribution < -0.4 is 10.6 Å². The molecule has 0 aliphatic heterocycles. The van der Waals surface area contributed by atoms with Gasteiger partial charge in [-0.3, -0.25) is 9.59 Å². The summed E-state index contributed by atoms with van der Waals surface area (Å²) < 4.78 is 10.6. The number of anilines is 1. The Morgan fingerprint density at radius 2 is 1.92 bits per heavy atom. The van der Waals surface area contributed by atoms with Crippen LogP contribution in [0.25, 0.3) is 0 Å². The second-order valence-electron chi connectivity index (χ2n) is 6.14. The maximum atomic E-state index is 12.1. The lowest BCUT2D eigenvalue weighted by molar-refractivity contribution is 0.0936. The number of carbonyl (C=O) groups is 2. The third kappa shape index (κ3) is 5.46. The lowest BCUT2D eigenvalue weighted by atomic mass is 10.2. The van der Waals surface area contributed by atoms with Crippen LogP contribution in [0.2, 0.25) is 0 Å². The highest BCUT2D eigenvalue weighted by atomic mass is 16.5. The highest BCUT2D eigenvalue weighted by molar-refractivity contribution is 6.02. The molecule has 1 fully saturated rings. The molecule has 25 heavy (non-hydrogen) atoms. The lowest BCUT2D eigenvalue weighted by Gasteiger charge is -2.07. The number of ether oxygens (including phenoxy) is 1. The van der Waals surface area contributed by atoms with Crippen molar-refractivity contribution in [1.29, 1.82) is 0 Å². The van der Waals surface area contributed by atoms with Gasteiger partial charge in [-0.15, -0.1) is 0 Å². The zero-order valence-electron chi connectivity index (χ0n) is 14.0. The van der Waals surface area contributed by atoms with E-state index < -0.39 is 0 Å². The van der Waals surface area contributed by atoms with Crippen molar-refractivity contribution in [3.8, 4) is 0 Å². The molecule has 2 amide bonds. The van der Waals surface area contributed by atoms with Crippen LogP contribution in [-0.2, 0) is 4.74 Å². The first-order chi connectivity index (χ1) is 12.2. The van der Waals surface area contributed by atoms with Gasteiger partial charge < -0.3 is 19.8 Å². The maximum Gasteiger partial charge on any atom is 0.291 e. The van der Waals surface area contributed by atoms with Gasteiger partial charge >= 0.3 is 0 Å². The van der Waals surface area contributed by atoms with E-state index in [1.807, 2.05) is 0 Å². The first-order valence-electron chi connectivity index (χ1n) is 8.53. The Balaban J connectivity index is 1.38. The van der Waals surface area contributed by atoms with Crippen molar-refractivity contribution in [3.05, 3.63) is 54.0 Å². The van der Waals surface area contributed by atoms with Gasteiger partial charge in [-0.05, 0) is 61.6 Å². The summed E-state index contributed by atoms with van der Waals surface area (Å²) in [5, 5.41) is 5.57. The molecule has 0 saturated heterocycles. The minimum absolute atomic E-state index is 0.133. The molecule has 0 atom stereocenters. The summed E-state index contributed by atoms with van der Waals surface area (Å²) in [6, 6.07) is 9.97. The highest BCUT2D eigenvalue weighted by Crippen LogP contribution is 2.28. The monoisotopic (exact) mass is 342 g/mol. The Morgan fingerprint density at radius 3 is 2.60 bits per heavy atom. The molecule has 1 saturated carbocycles. The fraction of sp³-hybridized carbons (Fsp3) is 0.368. The van der Waals surface area contributed by atoms with Crippen molar-refractivity contribution >= 4 is 17.5 Å². The van der Waals surface area contributed by atoms with Gasteiger partial charge in [-0.2, -0.15) is 0 Å². The first-order valence-corrected chi connectivity index (χ1v) is 8.53. The van der Waals surface area contributed by atoms with Crippen molar-refractivity contribution in [1.82, 2.24) is 5.32 Å². The van der Waals surface area contributed by atoms with E-state index in [2.05, 4.69) is 10.6 Å². The molecule has 0 spiro atoms. The van der Waals surface area contributed by atoms with E-state index in [4.69, 9.17) is 9.15 Å². The quantitative estimate of drug-likeness (QED) is 0.686. The van der Waals surface area contributed by atoms with Crippen molar-refractivity contribution in [3.63, 3.8) is 0 Å². The molecular formula is C19H22N2O4. The second-order valence-corrected chi connectivity index (χ2v) is 6.14. The SMILES string of the molecule is O=C(NCCCOCC1CC1)c1ccc(NC(=O)c2ccco2)cc1. The number of rotatable bonds is 9. The molecule has 1 aromatic heterocycles. The van der Waals surface area contributed by atoms with Crippen molar-refractivity contribution < 1.29 is 18.7 Å². The second kappa shape index (κ2) is 8.48. The third-order valence-corrected chi connectivity index (χ3v) is 3.95. The molecule has 6 heteroatoms. The summed E-state index contributed by atoms with van der Waals surface area (Å²) in [4.78, 5) is 23.9. The molecule has 1 aliphatic rings. The highest BCUT2D eigenvalue weighted by Gasteiger charge is 2.20. The number of amides is 2. The van der Waals surface area contributed by atoms with E-state index in [1.54, 1.807) is 36.4 Å². The van der Waals surface area contributed by atoms with E-state index in [1.165, 1.54) is 19.1 Å². The topological polar surface area (TPSA) is 80.6 Å². The van der Waals surface area contributed by atoms with E-state index >= 15 is 0 Å². The number of furan rings is 1. The van der Waals surface area contributed by atoms with Crippen LogP contribution in [0.1, 0.15) is 40.2 Å². The molecule has 0 radical (unpaired) electrons. The Hall–Kier alpha value is -2.60. The fourth-order valence-corrected chi connectivity index (χ4v) is 2.32. The molecule has 0 bridgehead atoms. The van der Waals surface area contributed by atoms with Gasteiger partial charge in [0.2, 0.25) is 0 Å². The van der Waals surface area contributed by atoms with Gasteiger partial charge in [0.25, 0.3) is 11.8 Å². The smallest absolute Gasteiger partial charge is 0.291 e. The molecule has 1 heterocycles. The predicted molar refractivity (Wildman–Crippen MR) is 93.6 cm³/mol. The number of hydrogen-bond acceptors (Lipinski definition) is 4. The lowest BCUT2D eigenvalue weighted by Crippen LogP contribution is -2.25. The Morgan fingerprint density at radius 1 is 1.12 bits per heavy atom. The van der Waals surface area contributed by atoms with Crippen molar-refractivity contribution in [2.75, 3.05) is 25.1 Å². The largest absolute Gasteiger partial charge is 0.459 e. The molecular weight excluding hydrogens is 320 g/mol. The van der Waals surface area contributed by atoms with Gasteiger partial charge in [0.05, 0.1) is 6.26 Å². The Kier molecular flexibility index (Phi) is 5.85. The van der Waals surface area contributed by atoms with Crippen LogP contribution in [0.5, 0.6) is 0 Å². The molecule has 1 aromatic carbocycles. The van der Waals surface area contributed by atoms with Crippen LogP contribution >= 0.6 is 0 Å². The minimum Gasteiger partial charge on any atom is -0.459 e. The van der Waals surface area contributed by atoms with Gasteiger partial charge in [0.15, 0.2) is 5.76 Å². The molecule has 132 valence electrons. The number of nitrogens with one attached hydrogen (secondary N) is 2. The summed E-state index contributed by atoms with van der Waals surface area (Å²) in [6.07, 6.45) is 4.82. The zero-order valence-corrected chi connectivity index (χ0v) is 14.0. The molecule has 2 aromatic rings. The zero-order chi connectivity index (χ0) is 17.5. The van der Waals surface area contributed by atoms with Gasteiger partial charge in [0, 0.05) is 31.0 Å². The van der Waals surface area contributed by atoms with Gasteiger partial charge in [-0.1, -0.05) is 0 Å². The maximum absolute atomic E-state index is 12.1. The van der Waals surface area contributed by atoms with Gasteiger partial charge in [-0.25, -0.2) is 0 Å². The van der Waals surface area contributed by atoms with E-state index in [0.29, 0.717) is 24.4 Å². The summed E-state index contributed by atoms with van der Waals surface area (Å²) in [7, 11) is 0. The average molecular weight is 342 g/mol. The Labute approximate surface area is 146 Å². The summed E-state index contributed by atoms with van der Waals surface area (Å²) in [5.41, 5.74) is 1.15. The third-order valence-electron chi connectivity index (χ3n) is 3.95. The van der Waals surface area contributed by atoms with Crippen LogP contribution in [-0.4, -0.2) is 31.6 Å². The molecule has 1 aliphatic carbocycles. The van der Waals surface area contributed by atoms with Crippen LogP contribution in [0.3, 0.4) is 0 Å². The number of hydrogen-bond donors (Lipinski definition) is 2. The fourth-order valence-electron chi connectivity index (χ4n) is 2.32. The summed E-state index contributed by atoms with van der Waals surface area (Å²) in [6.45, 7) is 2.11. The van der Waals surface area contributed by atoms with Gasteiger partial charge in [0.1, 0.15) is 0 Å². The summed E-state index contributed by atoms with van der Waals surface area (Å²) in [5.74, 6) is 0.548. The molecule has 6 nitrogen and oxygen atoms in total. The molecule has 0 unspecified atom stereocenters. The van der Waals surface area contributed by atoms with Crippen LogP contribution in [0.4, 0.5) is 5.69 Å². The predicted octanol–water partition coefficient (Wildman–Crippen LogP) is 3.08. The number of carbonyl (C=O) groups excluding carboxylic acids is 2. The van der Waals surface area contributed by atoms with E-state index in [-0.39, 0.29) is 17.6 Å². The standard InChI is InChI=1S/C19H22N2O4/c22-18(20-10-2-11-24-13-14-4-5-14)15-6-8-16(9-7-15)21-19(23)17-3-1-12-25-17/h1,3,6-9,12,14H,2,4-5,10-11,13H2,(H,20,22)(H,21,23). The average Bonchev–Trinajstić information content (AvgIpc) is 3.28. The van der Waals surface area contributed by atoms with Crippen molar-refractivity contribution in [2.45, 2.75) is 19.3 Å². The van der Waals surface area contributed by atoms with E-state index in [0.717, 1.165) is 18.9 Å². The van der Waals surface area contributed by atoms with Crippen LogP contribution in [0, 0.1) is 5.92 Å². The normalized spacial score (nSPS) is 13.4. The van der Waals surface area contributed by atoms with E-state index in [9.17, 15) is 9.59 Å². The van der Waals surface area contributed by atoms with Crippen LogP contribution in [0.15, 0.2) is 47.1 Å². The summed E-state index contributed by atoms with van der Waals surface area (Å²) >= 11 is 0. The number of benzene rings is 1. The molecule has 2 N–H and O–H groups in total.